The van der Waals surface area contributed by atoms with Crippen molar-refractivity contribution in [3.05, 3.63) is 35.4 Å². The molecule has 0 spiro atoms. The minimum Gasteiger partial charge on any atom is -0.375 e. The van der Waals surface area contributed by atoms with E-state index in [2.05, 4.69) is 50.4 Å². The van der Waals surface area contributed by atoms with Gasteiger partial charge < -0.3 is 10.1 Å². The summed E-state index contributed by atoms with van der Waals surface area (Å²) in [4.78, 5) is 0. The summed E-state index contributed by atoms with van der Waals surface area (Å²) in [6.45, 7) is 9.27. The molecule has 1 rings (SSSR count). The third-order valence-corrected chi connectivity index (χ3v) is 3.42. The Morgan fingerprint density at radius 2 is 1.76 bits per heavy atom. The Kier molecular flexibility index (Phi) is 7.26. The highest BCUT2D eigenvalue weighted by atomic mass is 19.3. The lowest BCUT2D eigenvalue weighted by atomic mass is 9.86. The molecule has 0 aliphatic carbocycles. The van der Waals surface area contributed by atoms with Crippen molar-refractivity contribution in [2.24, 2.45) is 0 Å². The highest BCUT2D eigenvalue weighted by Crippen LogP contribution is 2.25. The number of hydrogen-bond donors (Lipinski definition) is 1. The minimum atomic E-state index is -2.39. The van der Waals surface area contributed by atoms with Crippen molar-refractivity contribution in [3.63, 3.8) is 0 Å². The van der Waals surface area contributed by atoms with Crippen LogP contribution in [0.1, 0.15) is 51.3 Å². The van der Waals surface area contributed by atoms with Gasteiger partial charge in [0, 0.05) is 12.6 Å². The molecule has 1 aromatic carbocycles. The van der Waals surface area contributed by atoms with Gasteiger partial charge in [-0.15, -0.1) is 0 Å². The van der Waals surface area contributed by atoms with Gasteiger partial charge in [-0.25, -0.2) is 8.78 Å². The molecule has 2 nitrogen and oxygen atoms in total. The predicted molar refractivity (Wildman–Crippen MR) is 83.0 cm³/mol. The van der Waals surface area contributed by atoms with Crippen molar-refractivity contribution in [1.82, 2.24) is 5.32 Å². The normalized spacial score (nSPS) is 13.7. The van der Waals surface area contributed by atoms with Gasteiger partial charge in [-0.05, 0) is 29.5 Å². The van der Waals surface area contributed by atoms with Crippen molar-refractivity contribution in [2.75, 3.05) is 19.8 Å². The molecule has 120 valence electrons. The maximum absolute atomic E-state index is 12.0. The fourth-order valence-electron chi connectivity index (χ4n) is 2.22. The summed E-state index contributed by atoms with van der Waals surface area (Å²) in [5.74, 6) is 0. The Hall–Kier alpha value is -1.00. The van der Waals surface area contributed by atoms with Crippen LogP contribution in [0.15, 0.2) is 24.3 Å². The van der Waals surface area contributed by atoms with Crippen LogP contribution in [0, 0.1) is 0 Å². The van der Waals surface area contributed by atoms with Crippen molar-refractivity contribution >= 4 is 0 Å². The van der Waals surface area contributed by atoms with Gasteiger partial charge in [0.1, 0.15) is 6.61 Å². The molecule has 0 fully saturated rings. The first-order valence-electron chi connectivity index (χ1n) is 7.54. The summed E-state index contributed by atoms with van der Waals surface area (Å²) in [5.41, 5.74) is 2.59. The smallest absolute Gasteiger partial charge is 0.261 e. The molecule has 0 amide bonds. The molecule has 1 unspecified atom stereocenters. The van der Waals surface area contributed by atoms with Crippen LogP contribution in [0.2, 0.25) is 0 Å². The molecule has 0 saturated heterocycles. The summed E-state index contributed by atoms with van der Waals surface area (Å²) in [7, 11) is 0. The van der Waals surface area contributed by atoms with Crippen LogP contribution in [-0.2, 0) is 10.2 Å². The SMILES string of the molecule is CCNC(CCOCC(F)F)c1ccc(C(C)(C)C)cc1. The van der Waals surface area contributed by atoms with E-state index < -0.39 is 13.0 Å². The average Bonchev–Trinajstić information content (AvgIpc) is 2.41. The number of halogens is 2. The maximum atomic E-state index is 12.0. The van der Waals surface area contributed by atoms with Crippen LogP contribution in [-0.4, -0.2) is 26.2 Å². The second-order valence-electron chi connectivity index (χ2n) is 6.24. The molecule has 1 aromatic rings. The van der Waals surface area contributed by atoms with Crippen LogP contribution in [0.4, 0.5) is 8.78 Å². The number of hydrogen-bond acceptors (Lipinski definition) is 2. The molecule has 0 radical (unpaired) electrons. The van der Waals surface area contributed by atoms with E-state index in [4.69, 9.17) is 4.74 Å². The number of rotatable bonds is 8. The van der Waals surface area contributed by atoms with E-state index in [1.54, 1.807) is 0 Å². The molecular weight excluding hydrogens is 272 g/mol. The molecule has 4 heteroatoms. The third kappa shape index (κ3) is 6.53. The lowest BCUT2D eigenvalue weighted by Crippen LogP contribution is -2.23. The molecule has 1 N–H and O–H groups in total. The van der Waals surface area contributed by atoms with Gasteiger partial charge in [0.25, 0.3) is 6.43 Å². The molecule has 0 bridgehead atoms. The minimum absolute atomic E-state index is 0.132. The van der Waals surface area contributed by atoms with Crippen molar-refractivity contribution in [2.45, 2.75) is 52.0 Å². The van der Waals surface area contributed by atoms with Crippen molar-refractivity contribution in [1.29, 1.82) is 0 Å². The molecule has 0 aliphatic heterocycles. The Labute approximate surface area is 126 Å². The molecule has 21 heavy (non-hydrogen) atoms. The molecule has 0 aromatic heterocycles. The Balaban J connectivity index is 2.63. The zero-order valence-corrected chi connectivity index (χ0v) is 13.5. The van der Waals surface area contributed by atoms with Gasteiger partial charge in [-0.2, -0.15) is 0 Å². The van der Waals surface area contributed by atoms with Crippen LogP contribution in [0.25, 0.3) is 0 Å². The largest absolute Gasteiger partial charge is 0.375 e. The van der Waals surface area contributed by atoms with E-state index in [-0.39, 0.29) is 11.5 Å². The highest BCUT2D eigenvalue weighted by Gasteiger charge is 2.15. The van der Waals surface area contributed by atoms with Gasteiger partial charge in [-0.1, -0.05) is 52.0 Å². The van der Waals surface area contributed by atoms with E-state index in [9.17, 15) is 8.78 Å². The van der Waals surface area contributed by atoms with E-state index in [1.807, 2.05) is 6.92 Å². The average molecular weight is 299 g/mol. The zero-order chi connectivity index (χ0) is 15.9. The fourth-order valence-corrected chi connectivity index (χ4v) is 2.22. The first-order valence-corrected chi connectivity index (χ1v) is 7.54. The van der Waals surface area contributed by atoms with Crippen molar-refractivity contribution < 1.29 is 13.5 Å². The summed E-state index contributed by atoms with van der Waals surface area (Å²) >= 11 is 0. The van der Waals surface area contributed by atoms with E-state index in [0.29, 0.717) is 13.0 Å². The molecule has 1 atom stereocenters. The molecular formula is C17H27F2NO. The van der Waals surface area contributed by atoms with Crippen LogP contribution in [0.3, 0.4) is 0 Å². The standard InChI is InChI=1S/C17H27F2NO/c1-5-20-15(10-11-21-12-16(18)19)13-6-8-14(9-7-13)17(2,3)4/h6-9,15-16,20H,5,10-12H2,1-4H3. The lowest BCUT2D eigenvalue weighted by molar-refractivity contribution is 0.0144. The van der Waals surface area contributed by atoms with Crippen LogP contribution >= 0.6 is 0 Å². The number of alkyl halides is 2. The van der Waals surface area contributed by atoms with Gasteiger partial charge >= 0.3 is 0 Å². The third-order valence-electron chi connectivity index (χ3n) is 3.42. The highest BCUT2D eigenvalue weighted by molar-refractivity contribution is 5.29. The first-order chi connectivity index (χ1) is 9.84. The number of benzene rings is 1. The summed E-state index contributed by atoms with van der Waals surface area (Å²) in [5, 5.41) is 3.38. The number of nitrogens with one attached hydrogen (secondary N) is 1. The monoisotopic (exact) mass is 299 g/mol. The number of ether oxygens (including phenoxy) is 1. The molecule has 0 saturated carbocycles. The van der Waals surface area contributed by atoms with Gasteiger partial charge in [0.15, 0.2) is 0 Å². The Bertz CT molecular complexity index is 398. The quantitative estimate of drug-likeness (QED) is 0.722. The Morgan fingerprint density at radius 3 is 2.24 bits per heavy atom. The van der Waals surface area contributed by atoms with Crippen molar-refractivity contribution in [3.8, 4) is 0 Å². The lowest BCUT2D eigenvalue weighted by Gasteiger charge is -2.22. The molecule has 0 heterocycles. The molecule has 0 aliphatic rings. The summed E-state index contributed by atoms with van der Waals surface area (Å²) in [6.07, 6.45) is -1.70. The van der Waals surface area contributed by atoms with Crippen LogP contribution < -0.4 is 5.32 Å². The van der Waals surface area contributed by atoms with E-state index in [0.717, 1.165) is 6.54 Å². The van der Waals surface area contributed by atoms with E-state index in [1.165, 1.54) is 11.1 Å². The predicted octanol–water partition coefficient (Wildman–Crippen LogP) is 4.31. The summed E-state index contributed by atoms with van der Waals surface area (Å²) < 4.78 is 29.1. The second-order valence-corrected chi connectivity index (χ2v) is 6.24. The van der Waals surface area contributed by atoms with Gasteiger partial charge in [-0.3, -0.25) is 0 Å². The van der Waals surface area contributed by atoms with Crippen LogP contribution in [0.5, 0.6) is 0 Å². The van der Waals surface area contributed by atoms with Gasteiger partial charge in [0.2, 0.25) is 0 Å². The fraction of sp³-hybridized carbons (Fsp3) is 0.647. The zero-order valence-electron chi connectivity index (χ0n) is 13.5. The first kappa shape index (κ1) is 18.1. The topological polar surface area (TPSA) is 21.3 Å². The maximum Gasteiger partial charge on any atom is 0.261 e. The van der Waals surface area contributed by atoms with Gasteiger partial charge in [0.05, 0.1) is 0 Å². The van der Waals surface area contributed by atoms with E-state index >= 15 is 0 Å². The Morgan fingerprint density at radius 1 is 1.14 bits per heavy atom. The second kappa shape index (κ2) is 8.44. The summed E-state index contributed by atoms with van der Waals surface area (Å²) in [6, 6.07) is 8.64.